The highest BCUT2D eigenvalue weighted by Gasteiger charge is 2.36. The molecule has 1 heterocycles. The standard InChI is InChI=1S/C12H20F2N2O2/c13-11(14)5-15-9-4-8(12(17)18)6-16(7-9)10-2-1-3-10/h8-11,15H,1-7H2,(H,17,18). The Balaban J connectivity index is 1.90. The van der Waals surface area contributed by atoms with Crippen LogP contribution in [0.15, 0.2) is 0 Å². The summed E-state index contributed by atoms with van der Waals surface area (Å²) >= 11 is 0. The smallest absolute Gasteiger partial charge is 0.307 e. The Bertz CT molecular complexity index is 298. The minimum Gasteiger partial charge on any atom is -0.481 e. The van der Waals surface area contributed by atoms with Gasteiger partial charge in [0.2, 0.25) is 0 Å². The van der Waals surface area contributed by atoms with E-state index in [0.717, 1.165) is 12.8 Å². The van der Waals surface area contributed by atoms with Crippen LogP contribution in [0.25, 0.3) is 0 Å². The van der Waals surface area contributed by atoms with Crippen LogP contribution in [0, 0.1) is 5.92 Å². The number of nitrogens with zero attached hydrogens (tertiary/aromatic N) is 1. The molecule has 0 radical (unpaired) electrons. The summed E-state index contributed by atoms with van der Waals surface area (Å²) < 4.78 is 24.4. The molecule has 1 aliphatic heterocycles. The maximum Gasteiger partial charge on any atom is 0.307 e. The van der Waals surface area contributed by atoms with Crippen LogP contribution in [-0.4, -0.2) is 54.1 Å². The van der Waals surface area contributed by atoms with Crippen molar-refractivity contribution >= 4 is 5.97 Å². The van der Waals surface area contributed by atoms with Crippen molar-refractivity contribution in [1.29, 1.82) is 0 Å². The number of piperidine rings is 1. The first-order valence-corrected chi connectivity index (χ1v) is 6.54. The summed E-state index contributed by atoms with van der Waals surface area (Å²) in [5.41, 5.74) is 0. The number of carboxylic acid groups (broad SMARTS) is 1. The first kappa shape index (κ1) is 13.7. The topological polar surface area (TPSA) is 52.6 Å². The number of alkyl halides is 2. The van der Waals surface area contributed by atoms with Crippen LogP contribution in [0.4, 0.5) is 8.78 Å². The van der Waals surface area contributed by atoms with Crippen LogP contribution < -0.4 is 5.32 Å². The quantitative estimate of drug-likeness (QED) is 0.781. The van der Waals surface area contributed by atoms with Crippen molar-refractivity contribution in [3.8, 4) is 0 Å². The lowest BCUT2D eigenvalue weighted by Crippen LogP contribution is -2.56. The van der Waals surface area contributed by atoms with Gasteiger partial charge >= 0.3 is 5.97 Å². The molecule has 18 heavy (non-hydrogen) atoms. The molecule has 0 aromatic carbocycles. The van der Waals surface area contributed by atoms with Gasteiger partial charge in [0.05, 0.1) is 12.5 Å². The molecule has 1 aliphatic carbocycles. The molecule has 2 atom stereocenters. The fraction of sp³-hybridized carbons (Fsp3) is 0.917. The summed E-state index contributed by atoms with van der Waals surface area (Å²) in [4.78, 5) is 13.3. The number of carbonyl (C=O) groups is 1. The first-order chi connectivity index (χ1) is 8.56. The van der Waals surface area contributed by atoms with Crippen LogP contribution in [-0.2, 0) is 4.79 Å². The molecule has 2 rings (SSSR count). The molecule has 2 unspecified atom stereocenters. The Morgan fingerprint density at radius 3 is 2.61 bits per heavy atom. The molecule has 2 aliphatic rings. The minimum absolute atomic E-state index is 0.130. The number of nitrogens with one attached hydrogen (secondary N) is 1. The van der Waals surface area contributed by atoms with Crippen LogP contribution in [0.5, 0.6) is 0 Å². The average Bonchev–Trinajstić information content (AvgIpc) is 2.23. The van der Waals surface area contributed by atoms with Gasteiger partial charge in [-0.3, -0.25) is 9.69 Å². The van der Waals surface area contributed by atoms with Gasteiger partial charge in [0.1, 0.15) is 0 Å². The third kappa shape index (κ3) is 3.38. The number of hydrogen-bond donors (Lipinski definition) is 2. The lowest BCUT2D eigenvalue weighted by Gasteiger charge is -2.44. The second-order valence-electron chi connectivity index (χ2n) is 5.31. The third-order valence-corrected chi connectivity index (χ3v) is 3.98. The van der Waals surface area contributed by atoms with Gasteiger partial charge < -0.3 is 10.4 Å². The fourth-order valence-corrected chi connectivity index (χ4v) is 2.77. The lowest BCUT2D eigenvalue weighted by molar-refractivity contribution is -0.144. The van der Waals surface area contributed by atoms with Crippen molar-refractivity contribution < 1.29 is 18.7 Å². The summed E-state index contributed by atoms with van der Waals surface area (Å²) in [5, 5.41) is 11.9. The molecule has 2 N–H and O–H groups in total. The van der Waals surface area contributed by atoms with Crippen LogP contribution >= 0.6 is 0 Å². The number of hydrogen-bond acceptors (Lipinski definition) is 3. The Kier molecular flexibility index (Phi) is 4.50. The van der Waals surface area contributed by atoms with E-state index in [0.29, 0.717) is 25.6 Å². The van der Waals surface area contributed by atoms with Crippen LogP contribution in [0.3, 0.4) is 0 Å². The zero-order chi connectivity index (χ0) is 13.1. The van der Waals surface area contributed by atoms with E-state index in [4.69, 9.17) is 5.11 Å². The number of aliphatic carboxylic acids is 1. The summed E-state index contributed by atoms with van der Waals surface area (Å²) in [6, 6.07) is 0.331. The summed E-state index contributed by atoms with van der Waals surface area (Å²) in [6.07, 6.45) is 1.47. The second kappa shape index (κ2) is 5.93. The molecule has 4 nitrogen and oxygen atoms in total. The van der Waals surface area contributed by atoms with Crippen molar-refractivity contribution in [3.05, 3.63) is 0 Å². The largest absolute Gasteiger partial charge is 0.481 e. The van der Waals surface area contributed by atoms with E-state index in [9.17, 15) is 13.6 Å². The molecular weight excluding hydrogens is 242 g/mol. The second-order valence-corrected chi connectivity index (χ2v) is 5.31. The molecular formula is C12H20F2N2O2. The number of carboxylic acids is 1. The van der Waals surface area contributed by atoms with Gasteiger partial charge in [0, 0.05) is 25.2 Å². The maximum absolute atomic E-state index is 12.2. The van der Waals surface area contributed by atoms with Crippen molar-refractivity contribution in [2.75, 3.05) is 19.6 Å². The van der Waals surface area contributed by atoms with E-state index in [1.165, 1.54) is 6.42 Å². The van der Waals surface area contributed by atoms with E-state index in [1.54, 1.807) is 0 Å². The number of halogens is 2. The average molecular weight is 262 g/mol. The minimum atomic E-state index is -2.38. The van der Waals surface area contributed by atoms with Crippen molar-refractivity contribution in [2.45, 2.75) is 44.2 Å². The molecule has 0 aromatic heterocycles. The monoisotopic (exact) mass is 262 g/mol. The fourth-order valence-electron chi connectivity index (χ4n) is 2.77. The molecule has 2 fully saturated rings. The number of likely N-dealkylation sites (tertiary alicyclic amines) is 1. The zero-order valence-electron chi connectivity index (χ0n) is 10.3. The van der Waals surface area contributed by atoms with E-state index < -0.39 is 18.3 Å². The van der Waals surface area contributed by atoms with Crippen molar-refractivity contribution in [1.82, 2.24) is 10.2 Å². The van der Waals surface area contributed by atoms with Gasteiger partial charge in [0.25, 0.3) is 6.43 Å². The predicted molar refractivity (Wildman–Crippen MR) is 62.7 cm³/mol. The Hall–Kier alpha value is -0.750. The van der Waals surface area contributed by atoms with Gasteiger partial charge in [-0.15, -0.1) is 0 Å². The van der Waals surface area contributed by atoms with E-state index in [-0.39, 0.29) is 12.6 Å². The molecule has 0 amide bonds. The predicted octanol–water partition coefficient (Wildman–Crippen LogP) is 1.17. The van der Waals surface area contributed by atoms with Gasteiger partial charge in [-0.1, -0.05) is 6.42 Å². The van der Waals surface area contributed by atoms with E-state index in [2.05, 4.69) is 10.2 Å². The third-order valence-electron chi connectivity index (χ3n) is 3.98. The number of rotatable bonds is 5. The highest BCUT2D eigenvalue weighted by molar-refractivity contribution is 5.70. The van der Waals surface area contributed by atoms with Crippen LogP contribution in [0.1, 0.15) is 25.7 Å². The summed E-state index contributed by atoms with van der Waals surface area (Å²) in [5.74, 6) is -1.25. The van der Waals surface area contributed by atoms with E-state index in [1.807, 2.05) is 0 Å². The molecule has 104 valence electrons. The van der Waals surface area contributed by atoms with Crippen LogP contribution in [0.2, 0.25) is 0 Å². The van der Waals surface area contributed by atoms with Crippen molar-refractivity contribution in [2.24, 2.45) is 5.92 Å². The van der Waals surface area contributed by atoms with Gasteiger partial charge in [-0.05, 0) is 19.3 Å². The molecule has 1 saturated heterocycles. The zero-order valence-corrected chi connectivity index (χ0v) is 10.3. The molecule has 6 heteroatoms. The molecule has 0 spiro atoms. The van der Waals surface area contributed by atoms with E-state index >= 15 is 0 Å². The Morgan fingerprint density at radius 1 is 1.39 bits per heavy atom. The van der Waals surface area contributed by atoms with Gasteiger partial charge in [0.15, 0.2) is 0 Å². The highest BCUT2D eigenvalue weighted by atomic mass is 19.3. The van der Waals surface area contributed by atoms with Gasteiger partial charge in [-0.2, -0.15) is 0 Å². The summed E-state index contributed by atoms with van der Waals surface area (Å²) in [6.45, 7) is 0.906. The SMILES string of the molecule is O=C(O)C1CC(NCC(F)F)CN(C2CCC2)C1. The maximum atomic E-state index is 12.2. The highest BCUT2D eigenvalue weighted by Crippen LogP contribution is 2.29. The molecule has 1 saturated carbocycles. The lowest BCUT2D eigenvalue weighted by atomic mass is 9.86. The summed E-state index contributed by atoms with van der Waals surface area (Å²) in [7, 11) is 0. The Morgan fingerprint density at radius 2 is 2.11 bits per heavy atom. The normalized spacial score (nSPS) is 30.4. The first-order valence-electron chi connectivity index (χ1n) is 6.54. The molecule has 0 aromatic rings. The van der Waals surface area contributed by atoms with Crippen molar-refractivity contribution in [3.63, 3.8) is 0 Å². The van der Waals surface area contributed by atoms with Gasteiger partial charge in [-0.25, -0.2) is 8.78 Å². The molecule has 0 bridgehead atoms. The Labute approximate surface area is 105 Å².